The highest BCUT2D eigenvalue weighted by atomic mass is 35.5. The summed E-state index contributed by atoms with van der Waals surface area (Å²) in [6.07, 6.45) is 3.53. The maximum atomic E-state index is 12.6. The van der Waals surface area contributed by atoms with E-state index >= 15 is 0 Å². The first-order chi connectivity index (χ1) is 10.7. The number of pyridine rings is 1. The monoisotopic (exact) mass is 331 g/mol. The molecule has 0 fully saturated rings. The van der Waals surface area contributed by atoms with Gasteiger partial charge in [0.15, 0.2) is 11.7 Å². The van der Waals surface area contributed by atoms with Crippen molar-refractivity contribution in [3.63, 3.8) is 0 Å². The molecule has 1 aromatic carbocycles. The van der Waals surface area contributed by atoms with Crippen LogP contribution >= 0.6 is 12.4 Å². The van der Waals surface area contributed by atoms with Crippen molar-refractivity contribution >= 4 is 29.7 Å². The number of aromatic amines is 1. The van der Waals surface area contributed by atoms with E-state index in [1.807, 2.05) is 37.3 Å². The van der Waals surface area contributed by atoms with Crippen molar-refractivity contribution in [3.05, 3.63) is 63.6 Å². The molecule has 5 nitrogen and oxygen atoms in total. The first-order valence-corrected chi connectivity index (χ1v) is 7.34. The molecule has 0 saturated carbocycles. The van der Waals surface area contributed by atoms with Crippen molar-refractivity contribution in [1.82, 2.24) is 14.8 Å². The Labute approximate surface area is 139 Å². The van der Waals surface area contributed by atoms with Crippen molar-refractivity contribution < 1.29 is 4.79 Å². The summed E-state index contributed by atoms with van der Waals surface area (Å²) < 4.78 is 1.69. The first-order valence-electron chi connectivity index (χ1n) is 7.34. The van der Waals surface area contributed by atoms with Gasteiger partial charge in [-0.25, -0.2) is 4.68 Å². The van der Waals surface area contributed by atoms with Crippen LogP contribution in [0.4, 0.5) is 0 Å². The topological polar surface area (TPSA) is 67.8 Å². The fourth-order valence-electron chi connectivity index (χ4n) is 2.67. The number of rotatable bonds is 5. The molecule has 23 heavy (non-hydrogen) atoms. The van der Waals surface area contributed by atoms with Gasteiger partial charge in [0.25, 0.3) is 0 Å². The molecule has 3 aromatic rings. The number of aryl methyl sites for hydroxylation is 2. The van der Waals surface area contributed by atoms with Crippen molar-refractivity contribution in [3.8, 4) is 0 Å². The maximum Gasteiger partial charge on any atom is 0.196 e. The zero-order valence-corrected chi connectivity index (χ0v) is 13.6. The van der Waals surface area contributed by atoms with Gasteiger partial charge in [-0.1, -0.05) is 30.3 Å². The SMILES string of the molecule is CCn1ncc2c(=O)c(CCc3ccccc3)c(C=O)[nH]c21.Cl. The van der Waals surface area contributed by atoms with E-state index in [4.69, 9.17) is 0 Å². The number of carbonyl (C=O) groups excluding carboxylic acids is 1. The van der Waals surface area contributed by atoms with Crippen LogP contribution in [-0.4, -0.2) is 21.1 Å². The zero-order valence-electron chi connectivity index (χ0n) is 12.8. The lowest BCUT2D eigenvalue weighted by molar-refractivity contribution is 0.111. The number of carbonyl (C=O) groups is 1. The van der Waals surface area contributed by atoms with Gasteiger partial charge in [0.05, 0.1) is 17.3 Å². The maximum absolute atomic E-state index is 12.6. The van der Waals surface area contributed by atoms with Crippen LogP contribution in [0, 0.1) is 0 Å². The lowest BCUT2D eigenvalue weighted by atomic mass is 10.0. The van der Waals surface area contributed by atoms with Crippen LogP contribution in [0.1, 0.15) is 28.5 Å². The molecule has 2 aromatic heterocycles. The molecule has 0 aliphatic heterocycles. The van der Waals surface area contributed by atoms with Crippen LogP contribution in [0.25, 0.3) is 11.0 Å². The Hall–Kier alpha value is -2.40. The van der Waals surface area contributed by atoms with E-state index in [0.29, 0.717) is 41.5 Å². The minimum atomic E-state index is -0.105. The Morgan fingerprint density at radius 3 is 2.61 bits per heavy atom. The van der Waals surface area contributed by atoms with Gasteiger partial charge in [-0.2, -0.15) is 5.10 Å². The van der Waals surface area contributed by atoms with Gasteiger partial charge in [0, 0.05) is 12.1 Å². The molecule has 2 heterocycles. The van der Waals surface area contributed by atoms with E-state index in [-0.39, 0.29) is 17.8 Å². The lowest BCUT2D eigenvalue weighted by Gasteiger charge is -2.06. The molecule has 0 radical (unpaired) electrons. The Kier molecular flexibility index (Phi) is 5.34. The van der Waals surface area contributed by atoms with Crippen molar-refractivity contribution in [2.75, 3.05) is 0 Å². The second-order valence-electron chi connectivity index (χ2n) is 5.17. The molecule has 0 saturated heterocycles. The summed E-state index contributed by atoms with van der Waals surface area (Å²) in [5.41, 5.74) is 2.53. The first kappa shape index (κ1) is 17.0. The number of benzene rings is 1. The average molecular weight is 332 g/mol. The molecule has 0 unspecified atom stereocenters. The number of aldehydes is 1. The van der Waals surface area contributed by atoms with Crippen molar-refractivity contribution in [2.45, 2.75) is 26.3 Å². The summed E-state index contributed by atoms with van der Waals surface area (Å²) in [6.45, 7) is 2.58. The number of halogens is 1. The number of nitrogens with zero attached hydrogens (tertiary/aromatic N) is 2. The minimum absolute atomic E-state index is 0. The molecule has 6 heteroatoms. The number of aromatic nitrogens is 3. The van der Waals surface area contributed by atoms with Gasteiger partial charge in [0.2, 0.25) is 0 Å². The third-order valence-electron chi connectivity index (χ3n) is 3.86. The Bertz CT molecular complexity index is 869. The van der Waals surface area contributed by atoms with Gasteiger partial charge in [-0.15, -0.1) is 12.4 Å². The summed E-state index contributed by atoms with van der Waals surface area (Å²) in [5, 5.41) is 4.72. The highest BCUT2D eigenvalue weighted by Gasteiger charge is 2.14. The smallest absolute Gasteiger partial charge is 0.196 e. The quantitative estimate of drug-likeness (QED) is 0.731. The fourth-order valence-corrected chi connectivity index (χ4v) is 2.67. The summed E-state index contributed by atoms with van der Waals surface area (Å²) in [4.78, 5) is 27.0. The Morgan fingerprint density at radius 2 is 1.96 bits per heavy atom. The van der Waals surface area contributed by atoms with E-state index in [1.54, 1.807) is 10.9 Å². The Balaban J connectivity index is 0.00000192. The number of H-pyrrole nitrogens is 1. The van der Waals surface area contributed by atoms with Gasteiger partial charge in [-0.05, 0) is 25.3 Å². The molecule has 0 atom stereocenters. The van der Waals surface area contributed by atoms with Crippen LogP contribution in [0.15, 0.2) is 41.3 Å². The molecule has 3 rings (SSSR count). The summed E-state index contributed by atoms with van der Waals surface area (Å²) in [5.74, 6) is 0. The molecule has 0 amide bonds. The molecule has 120 valence electrons. The van der Waals surface area contributed by atoms with Crippen LogP contribution in [0.3, 0.4) is 0 Å². The molecular weight excluding hydrogens is 314 g/mol. The average Bonchev–Trinajstić information content (AvgIpc) is 2.98. The molecule has 0 spiro atoms. The molecule has 0 aliphatic rings. The molecule has 0 bridgehead atoms. The third-order valence-corrected chi connectivity index (χ3v) is 3.86. The number of fused-ring (bicyclic) bond motifs is 1. The molecule has 1 N–H and O–H groups in total. The predicted molar refractivity (Wildman–Crippen MR) is 92.5 cm³/mol. The molecule has 0 aliphatic carbocycles. The van der Waals surface area contributed by atoms with Crippen LogP contribution in [0.5, 0.6) is 0 Å². The van der Waals surface area contributed by atoms with E-state index in [2.05, 4.69) is 10.1 Å². The predicted octanol–water partition coefficient (Wildman–Crippen LogP) is 2.76. The van der Waals surface area contributed by atoms with Gasteiger partial charge in [-0.3, -0.25) is 9.59 Å². The standard InChI is InChI=1S/C17H17N3O2.ClH/c1-2-20-17-14(10-18-20)16(22)13(15(11-21)19-17)9-8-12-6-4-3-5-7-12;/h3-7,10-11H,2,8-9H2,1H3,(H,19,22);1H. The van der Waals surface area contributed by atoms with Gasteiger partial charge in [0.1, 0.15) is 5.65 Å². The largest absolute Gasteiger partial charge is 0.337 e. The van der Waals surface area contributed by atoms with E-state index in [0.717, 1.165) is 12.0 Å². The van der Waals surface area contributed by atoms with Gasteiger partial charge >= 0.3 is 0 Å². The zero-order chi connectivity index (χ0) is 15.5. The summed E-state index contributed by atoms with van der Waals surface area (Å²) >= 11 is 0. The fraction of sp³-hybridized carbons (Fsp3) is 0.235. The van der Waals surface area contributed by atoms with E-state index in [9.17, 15) is 9.59 Å². The van der Waals surface area contributed by atoms with Gasteiger partial charge < -0.3 is 4.98 Å². The third kappa shape index (κ3) is 3.19. The normalized spacial score (nSPS) is 10.5. The number of nitrogens with one attached hydrogen (secondary N) is 1. The highest BCUT2D eigenvalue weighted by molar-refractivity contribution is 5.85. The summed E-state index contributed by atoms with van der Waals surface area (Å²) in [6, 6.07) is 9.92. The van der Waals surface area contributed by atoms with Crippen molar-refractivity contribution in [2.24, 2.45) is 0 Å². The summed E-state index contributed by atoms with van der Waals surface area (Å²) in [7, 11) is 0. The highest BCUT2D eigenvalue weighted by Crippen LogP contribution is 2.13. The van der Waals surface area contributed by atoms with E-state index < -0.39 is 0 Å². The second kappa shape index (κ2) is 7.24. The minimum Gasteiger partial charge on any atom is -0.337 e. The van der Waals surface area contributed by atoms with Crippen molar-refractivity contribution in [1.29, 1.82) is 0 Å². The second-order valence-corrected chi connectivity index (χ2v) is 5.17. The van der Waals surface area contributed by atoms with Crippen LogP contribution < -0.4 is 5.43 Å². The van der Waals surface area contributed by atoms with Crippen LogP contribution in [-0.2, 0) is 19.4 Å². The van der Waals surface area contributed by atoms with E-state index in [1.165, 1.54) is 0 Å². The molecular formula is C17H18ClN3O2. The number of hydrogen-bond acceptors (Lipinski definition) is 3. The van der Waals surface area contributed by atoms with Crippen LogP contribution in [0.2, 0.25) is 0 Å². The number of hydrogen-bond donors (Lipinski definition) is 1. The Morgan fingerprint density at radius 1 is 1.22 bits per heavy atom. The lowest BCUT2D eigenvalue weighted by Crippen LogP contribution is -2.16.